The topological polar surface area (TPSA) is 29.1 Å². The SMILES string of the molecule is CCNC(C(C)=O)c1ccccc1. The summed E-state index contributed by atoms with van der Waals surface area (Å²) in [6.07, 6.45) is 0. The average molecular weight is 177 g/mol. The lowest BCUT2D eigenvalue weighted by molar-refractivity contribution is -0.119. The second kappa shape index (κ2) is 4.77. The highest BCUT2D eigenvalue weighted by Crippen LogP contribution is 2.12. The molecule has 1 unspecified atom stereocenters. The molecule has 70 valence electrons. The number of nitrogens with one attached hydrogen (secondary N) is 1. The normalized spacial score (nSPS) is 12.5. The molecule has 0 spiro atoms. The van der Waals surface area contributed by atoms with Crippen LogP contribution in [0.1, 0.15) is 25.5 Å². The summed E-state index contributed by atoms with van der Waals surface area (Å²) in [7, 11) is 0. The van der Waals surface area contributed by atoms with Gasteiger partial charge in [0.2, 0.25) is 0 Å². The standard InChI is InChI=1S/C11H15NO/c1-3-12-11(9(2)13)10-7-5-4-6-8-10/h4-8,11-12H,3H2,1-2H3. The number of Topliss-reactive ketones (excluding diaryl/α,β-unsaturated/α-hetero) is 1. The Morgan fingerprint density at radius 3 is 2.46 bits per heavy atom. The van der Waals surface area contributed by atoms with Crippen LogP contribution in [0.3, 0.4) is 0 Å². The van der Waals surface area contributed by atoms with E-state index in [1.165, 1.54) is 0 Å². The van der Waals surface area contributed by atoms with Gasteiger partial charge in [-0.15, -0.1) is 0 Å². The Hall–Kier alpha value is -1.15. The van der Waals surface area contributed by atoms with Gasteiger partial charge in [-0.1, -0.05) is 37.3 Å². The van der Waals surface area contributed by atoms with Crippen LogP contribution in [0.5, 0.6) is 0 Å². The van der Waals surface area contributed by atoms with Crippen molar-refractivity contribution in [3.05, 3.63) is 35.9 Å². The van der Waals surface area contributed by atoms with Gasteiger partial charge in [-0.3, -0.25) is 4.79 Å². The maximum atomic E-state index is 11.3. The molecule has 0 saturated heterocycles. The number of hydrogen-bond donors (Lipinski definition) is 1. The van der Waals surface area contributed by atoms with E-state index in [-0.39, 0.29) is 11.8 Å². The molecule has 0 aromatic heterocycles. The van der Waals surface area contributed by atoms with E-state index in [4.69, 9.17) is 0 Å². The van der Waals surface area contributed by atoms with Crippen molar-refractivity contribution in [3.8, 4) is 0 Å². The van der Waals surface area contributed by atoms with Crippen LogP contribution in [0.4, 0.5) is 0 Å². The zero-order valence-corrected chi connectivity index (χ0v) is 8.08. The van der Waals surface area contributed by atoms with Crippen LogP contribution in [-0.4, -0.2) is 12.3 Å². The third-order valence-electron chi connectivity index (χ3n) is 1.95. The quantitative estimate of drug-likeness (QED) is 0.761. The van der Waals surface area contributed by atoms with Gasteiger partial charge in [0.1, 0.15) is 0 Å². The van der Waals surface area contributed by atoms with Gasteiger partial charge in [-0.05, 0) is 19.0 Å². The fourth-order valence-electron chi connectivity index (χ4n) is 1.35. The summed E-state index contributed by atoms with van der Waals surface area (Å²) in [6, 6.07) is 9.63. The third-order valence-corrected chi connectivity index (χ3v) is 1.95. The summed E-state index contributed by atoms with van der Waals surface area (Å²) in [5, 5.41) is 3.15. The molecule has 0 aliphatic heterocycles. The molecule has 0 bridgehead atoms. The molecular formula is C11H15NO. The van der Waals surface area contributed by atoms with Gasteiger partial charge < -0.3 is 5.32 Å². The molecule has 2 nitrogen and oxygen atoms in total. The Morgan fingerprint density at radius 2 is 2.00 bits per heavy atom. The van der Waals surface area contributed by atoms with Gasteiger partial charge in [-0.25, -0.2) is 0 Å². The van der Waals surface area contributed by atoms with Gasteiger partial charge in [-0.2, -0.15) is 0 Å². The first kappa shape index (κ1) is 9.93. The molecule has 0 amide bonds. The number of carbonyl (C=O) groups is 1. The van der Waals surface area contributed by atoms with Crippen LogP contribution in [0, 0.1) is 0 Å². The summed E-state index contributed by atoms with van der Waals surface area (Å²) in [4.78, 5) is 11.3. The monoisotopic (exact) mass is 177 g/mol. The van der Waals surface area contributed by atoms with E-state index in [0.29, 0.717) is 0 Å². The second-order valence-corrected chi connectivity index (χ2v) is 3.01. The van der Waals surface area contributed by atoms with E-state index in [2.05, 4.69) is 5.32 Å². The number of benzene rings is 1. The number of ketones is 1. The maximum absolute atomic E-state index is 11.3. The minimum Gasteiger partial charge on any atom is -0.304 e. The van der Waals surface area contributed by atoms with E-state index >= 15 is 0 Å². The fourth-order valence-corrected chi connectivity index (χ4v) is 1.35. The number of rotatable bonds is 4. The van der Waals surface area contributed by atoms with Crippen LogP contribution in [0.15, 0.2) is 30.3 Å². The molecule has 0 heterocycles. The molecule has 0 saturated carbocycles. The molecule has 1 aromatic rings. The highest BCUT2D eigenvalue weighted by Gasteiger charge is 2.13. The molecule has 2 heteroatoms. The van der Waals surface area contributed by atoms with Crippen molar-refractivity contribution in [3.63, 3.8) is 0 Å². The highest BCUT2D eigenvalue weighted by molar-refractivity contribution is 5.82. The summed E-state index contributed by atoms with van der Waals surface area (Å²) in [5.74, 6) is 0.160. The first-order valence-corrected chi connectivity index (χ1v) is 4.54. The predicted octanol–water partition coefficient (Wildman–Crippen LogP) is 1.93. The Kier molecular flexibility index (Phi) is 3.65. The van der Waals surface area contributed by atoms with Crippen LogP contribution in [0.25, 0.3) is 0 Å². The molecule has 13 heavy (non-hydrogen) atoms. The average Bonchev–Trinajstić information content (AvgIpc) is 2.15. The smallest absolute Gasteiger partial charge is 0.151 e. The number of likely N-dealkylation sites (N-methyl/N-ethyl adjacent to an activating group) is 1. The molecule has 1 N–H and O–H groups in total. The lowest BCUT2D eigenvalue weighted by Gasteiger charge is -2.14. The number of hydrogen-bond acceptors (Lipinski definition) is 2. The second-order valence-electron chi connectivity index (χ2n) is 3.01. The van der Waals surface area contributed by atoms with E-state index < -0.39 is 0 Å². The number of carbonyl (C=O) groups excluding carboxylic acids is 1. The molecule has 1 atom stereocenters. The molecule has 1 rings (SSSR count). The molecule has 0 aliphatic carbocycles. The third kappa shape index (κ3) is 2.67. The van der Waals surface area contributed by atoms with Crippen LogP contribution < -0.4 is 5.32 Å². The van der Waals surface area contributed by atoms with E-state index in [1.807, 2.05) is 37.3 Å². The first-order valence-electron chi connectivity index (χ1n) is 4.54. The summed E-state index contributed by atoms with van der Waals surface area (Å²) in [6.45, 7) is 4.42. The Bertz CT molecular complexity index is 269. The fraction of sp³-hybridized carbons (Fsp3) is 0.364. The van der Waals surface area contributed by atoms with Gasteiger partial charge in [0, 0.05) is 0 Å². The van der Waals surface area contributed by atoms with Crippen molar-refractivity contribution in [1.82, 2.24) is 5.32 Å². The van der Waals surface area contributed by atoms with Crippen molar-refractivity contribution < 1.29 is 4.79 Å². The lowest BCUT2D eigenvalue weighted by Crippen LogP contribution is -2.26. The van der Waals surface area contributed by atoms with Crippen LogP contribution >= 0.6 is 0 Å². The summed E-state index contributed by atoms with van der Waals surface area (Å²) in [5.41, 5.74) is 1.04. The zero-order chi connectivity index (χ0) is 9.68. The van der Waals surface area contributed by atoms with Gasteiger partial charge in [0.25, 0.3) is 0 Å². The van der Waals surface area contributed by atoms with E-state index in [9.17, 15) is 4.79 Å². The highest BCUT2D eigenvalue weighted by atomic mass is 16.1. The Balaban J connectivity index is 2.82. The van der Waals surface area contributed by atoms with Crippen LogP contribution in [-0.2, 0) is 4.79 Å². The summed E-state index contributed by atoms with van der Waals surface area (Å²) >= 11 is 0. The van der Waals surface area contributed by atoms with Gasteiger partial charge >= 0.3 is 0 Å². The van der Waals surface area contributed by atoms with Crippen molar-refractivity contribution in [1.29, 1.82) is 0 Å². The maximum Gasteiger partial charge on any atom is 0.151 e. The molecule has 1 aromatic carbocycles. The Morgan fingerprint density at radius 1 is 1.38 bits per heavy atom. The minimum absolute atomic E-state index is 0.147. The zero-order valence-electron chi connectivity index (χ0n) is 8.08. The lowest BCUT2D eigenvalue weighted by atomic mass is 10.0. The minimum atomic E-state index is -0.147. The van der Waals surface area contributed by atoms with Gasteiger partial charge in [0.15, 0.2) is 5.78 Å². The van der Waals surface area contributed by atoms with Crippen molar-refractivity contribution in [2.75, 3.05) is 6.54 Å². The predicted molar refractivity (Wildman–Crippen MR) is 53.5 cm³/mol. The van der Waals surface area contributed by atoms with Gasteiger partial charge in [0.05, 0.1) is 6.04 Å². The Labute approximate surface area is 79.0 Å². The first-order chi connectivity index (χ1) is 6.25. The van der Waals surface area contributed by atoms with Crippen molar-refractivity contribution in [2.24, 2.45) is 0 Å². The van der Waals surface area contributed by atoms with E-state index in [0.717, 1.165) is 12.1 Å². The largest absolute Gasteiger partial charge is 0.304 e. The van der Waals surface area contributed by atoms with E-state index in [1.54, 1.807) is 6.92 Å². The molecule has 0 fully saturated rings. The summed E-state index contributed by atoms with van der Waals surface area (Å²) < 4.78 is 0. The van der Waals surface area contributed by atoms with Crippen molar-refractivity contribution in [2.45, 2.75) is 19.9 Å². The molecular weight excluding hydrogens is 162 g/mol. The van der Waals surface area contributed by atoms with Crippen molar-refractivity contribution >= 4 is 5.78 Å². The molecule has 0 aliphatic rings. The van der Waals surface area contributed by atoms with Crippen LogP contribution in [0.2, 0.25) is 0 Å². The molecule has 0 radical (unpaired) electrons.